The molecule has 16 N–H and O–H groups in total. The molecule has 0 radical (unpaired) electrons. The zero-order valence-corrected chi connectivity index (χ0v) is 27.9. The van der Waals surface area contributed by atoms with E-state index < -0.39 is 129 Å². The summed E-state index contributed by atoms with van der Waals surface area (Å²) in [6, 6.07) is -3.16. The van der Waals surface area contributed by atoms with Crippen LogP contribution in [0.1, 0.15) is 26.2 Å². The van der Waals surface area contributed by atoms with Crippen LogP contribution >= 0.6 is 0 Å². The van der Waals surface area contributed by atoms with Gasteiger partial charge in [-0.05, 0) is 12.8 Å². The standard InChI is InChI=1S/C30H55N5O15/c1-2-16(39)28(44)35-15-6-14(32)25(48-19-5-3-4-13(45-19)9-34-8-12(38)10-36)27(21(15)40)50-30-24(43)26(18(11-37)47-30)49-29-20(33)23(42)22(41)17(7-31)46-29/h3-4,12-27,29-30,34,36-43H,2,5-11,31-33H2,1H3,(H,35,44). The van der Waals surface area contributed by atoms with E-state index in [0.29, 0.717) is 6.42 Å². The van der Waals surface area contributed by atoms with Gasteiger partial charge in [-0.2, -0.15) is 0 Å². The van der Waals surface area contributed by atoms with Crippen molar-refractivity contribution in [2.24, 2.45) is 17.2 Å². The number of carbonyl (C=O) groups excluding carboxylic acids is 1. The predicted octanol–water partition coefficient (Wildman–Crippen LogP) is -7.09. The first kappa shape index (κ1) is 41.2. The van der Waals surface area contributed by atoms with E-state index in [1.807, 2.05) is 6.08 Å². The number of nitrogens with two attached hydrogens (primary N) is 3. The topological polar surface area (TPSA) is 336 Å². The Kier molecular flexibility index (Phi) is 15.7. The maximum absolute atomic E-state index is 12.6. The summed E-state index contributed by atoms with van der Waals surface area (Å²) in [6.45, 7) is 0.771. The van der Waals surface area contributed by atoms with Crippen LogP contribution in [-0.2, 0) is 33.2 Å². The number of aliphatic hydroxyl groups excluding tert-OH is 8. The summed E-state index contributed by atoms with van der Waals surface area (Å²) >= 11 is 0. The Bertz CT molecular complexity index is 1080. The summed E-state index contributed by atoms with van der Waals surface area (Å²) in [5.41, 5.74) is 18.2. The van der Waals surface area contributed by atoms with E-state index in [9.17, 15) is 40.5 Å². The van der Waals surface area contributed by atoms with E-state index in [1.165, 1.54) is 0 Å². The summed E-state index contributed by atoms with van der Waals surface area (Å²) < 4.78 is 35.7. The molecular formula is C30H55N5O15. The second-order valence-electron chi connectivity index (χ2n) is 13.0. The third kappa shape index (κ3) is 9.92. The Morgan fingerprint density at radius 2 is 1.62 bits per heavy atom. The van der Waals surface area contributed by atoms with Crippen LogP contribution in [0.2, 0.25) is 0 Å². The molecule has 20 nitrogen and oxygen atoms in total. The highest BCUT2D eigenvalue weighted by molar-refractivity contribution is 5.80. The molecule has 0 bridgehead atoms. The molecule has 290 valence electrons. The lowest BCUT2D eigenvalue weighted by Crippen LogP contribution is -2.66. The second-order valence-corrected chi connectivity index (χ2v) is 13.0. The molecule has 18 atom stereocenters. The van der Waals surface area contributed by atoms with Gasteiger partial charge in [0.15, 0.2) is 18.9 Å². The van der Waals surface area contributed by atoms with Crippen LogP contribution in [0.4, 0.5) is 0 Å². The van der Waals surface area contributed by atoms with Crippen LogP contribution in [0.15, 0.2) is 12.2 Å². The lowest BCUT2D eigenvalue weighted by molar-refractivity contribution is -0.283. The van der Waals surface area contributed by atoms with Crippen molar-refractivity contribution in [3.8, 4) is 0 Å². The van der Waals surface area contributed by atoms with Gasteiger partial charge in [0.2, 0.25) is 5.91 Å². The Morgan fingerprint density at radius 3 is 2.28 bits per heavy atom. The highest BCUT2D eigenvalue weighted by Crippen LogP contribution is 2.34. The fourth-order valence-corrected chi connectivity index (χ4v) is 6.36. The molecule has 3 heterocycles. The minimum atomic E-state index is -1.64. The van der Waals surface area contributed by atoms with Gasteiger partial charge in [0, 0.05) is 32.1 Å². The minimum Gasteiger partial charge on any atom is -0.394 e. The molecule has 3 aliphatic heterocycles. The zero-order valence-electron chi connectivity index (χ0n) is 27.9. The van der Waals surface area contributed by atoms with Gasteiger partial charge in [-0.1, -0.05) is 19.1 Å². The smallest absolute Gasteiger partial charge is 0.249 e. The average molecular weight is 726 g/mol. The zero-order chi connectivity index (χ0) is 36.7. The molecule has 3 fully saturated rings. The Morgan fingerprint density at radius 1 is 0.920 bits per heavy atom. The summed E-state index contributed by atoms with van der Waals surface area (Å²) in [4.78, 5) is 12.6. The molecule has 0 aromatic heterocycles. The molecule has 0 spiro atoms. The van der Waals surface area contributed by atoms with Crippen molar-refractivity contribution in [3.05, 3.63) is 12.2 Å². The van der Waals surface area contributed by atoms with E-state index in [4.69, 9.17) is 50.7 Å². The number of hydrogen-bond acceptors (Lipinski definition) is 19. The number of amides is 1. The van der Waals surface area contributed by atoms with Crippen LogP contribution in [0, 0.1) is 0 Å². The maximum atomic E-state index is 12.6. The van der Waals surface area contributed by atoms with Crippen molar-refractivity contribution < 1.29 is 74.1 Å². The molecule has 4 aliphatic rings. The van der Waals surface area contributed by atoms with Gasteiger partial charge in [-0.25, -0.2) is 0 Å². The van der Waals surface area contributed by atoms with Crippen molar-refractivity contribution in [2.45, 2.75) is 136 Å². The third-order valence-electron chi connectivity index (χ3n) is 9.32. The molecular weight excluding hydrogens is 670 g/mol. The minimum absolute atomic E-state index is 0.00688. The summed E-state index contributed by atoms with van der Waals surface area (Å²) in [7, 11) is 0. The van der Waals surface area contributed by atoms with Crippen molar-refractivity contribution in [3.63, 3.8) is 0 Å². The average Bonchev–Trinajstić information content (AvgIpc) is 3.41. The second kappa shape index (κ2) is 19.0. The first-order valence-electron chi connectivity index (χ1n) is 16.9. The number of carbonyl (C=O) groups is 1. The molecule has 18 unspecified atom stereocenters. The highest BCUT2D eigenvalue weighted by Gasteiger charge is 2.54. The maximum Gasteiger partial charge on any atom is 0.249 e. The van der Waals surface area contributed by atoms with Gasteiger partial charge in [0.1, 0.15) is 61.0 Å². The fourth-order valence-electron chi connectivity index (χ4n) is 6.36. The van der Waals surface area contributed by atoms with Gasteiger partial charge in [0.25, 0.3) is 0 Å². The van der Waals surface area contributed by atoms with Gasteiger partial charge < -0.3 is 97.1 Å². The molecule has 4 rings (SSSR count). The first-order chi connectivity index (χ1) is 23.8. The van der Waals surface area contributed by atoms with Gasteiger partial charge >= 0.3 is 0 Å². The van der Waals surface area contributed by atoms with Crippen molar-refractivity contribution in [1.82, 2.24) is 10.6 Å². The number of nitrogens with one attached hydrogen (secondary N) is 2. The molecule has 0 aromatic rings. The summed E-state index contributed by atoms with van der Waals surface area (Å²) in [6.07, 6.45) is -14.6. The van der Waals surface area contributed by atoms with Gasteiger partial charge in [-0.3, -0.25) is 4.79 Å². The van der Waals surface area contributed by atoms with E-state index in [2.05, 4.69) is 10.6 Å². The first-order valence-corrected chi connectivity index (χ1v) is 16.9. The molecule has 1 amide bonds. The monoisotopic (exact) mass is 725 g/mol. The van der Waals surface area contributed by atoms with Crippen LogP contribution in [0.5, 0.6) is 0 Å². The molecule has 20 heteroatoms. The van der Waals surface area contributed by atoms with Crippen molar-refractivity contribution >= 4 is 5.91 Å². The molecule has 1 saturated carbocycles. The van der Waals surface area contributed by atoms with Crippen LogP contribution in [0.25, 0.3) is 0 Å². The SMILES string of the molecule is CCC(O)C(=O)NC1CC(N)C(OC2CC=CC(CNCC(O)CO)O2)C(OC2OC(CO)C(OC3OC(CN)C(O)C(O)C3N)C2O)C1O. The third-order valence-corrected chi connectivity index (χ3v) is 9.32. The number of rotatable bonds is 16. The van der Waals surface area contributed by atoms with Crippen molar-refractivity contribution in [2.75, 3.05) is 32.8 Å². The molecule has 0 aromatic carbocycles. The molecule has 2 saturated heterocycles. The van der Waals surface area contributed by atoms with Gasteiger partial charge in [-0.15, -0.1) is 0 Å². The number of aliphatic hydroxyl groups is 8. The van der Waals surface area contributed by atoms with Crippen LogP contribution in [0.3, 0.4) is 0 Å². The quantitative estimate of drug-likeness (QED) is 0.0657. The predicted molar refractivity (Wildman–Crippen MR) is 169 cm³/mol. The van der Waals surface area contributed by atoms with E-state index in [0.717, 1.165) is 0 Å². The van der Waals surface area contributed by atoms with Crippen molar-refractivity contribution in [1.29, 1.82) is 0 Å². The normalized spacial score (nSPS) is 43.4. The van der Waals surface area contributed by atoms with E-state index in [1.54, 1.807) is 13.0 Å². The Balaban J connectivity index is 1.50. The van der Waals surface area contributed by atoms with Crippen LogP contribution < -0.4 is 27.8 Å². The lowest BCUT2D eigenvalue weighted by Gasteiger charge is -2.45. The number of ether oxygens (including phenoxy) is 6. The van der Waals surface area contributed by atoms with Gasteiger partial charge in [0.05, 0.1) is 37.5 Å². The lowest BCUT2D eigenvalue weighted by atomic mass is 9.83. The highest BCUT2D eigenvalue weighted by atomic mass is 16.8. The molecule has 1 aliphatic carbocycles. The fraction of sp³-hybridized carbons (Fsp3) is 0.900. The Hall–Kier alpha value is -1.51. The van der Waals surface area contributed by atoms with Crippen LogP contribution in [-0.4, -0.2) is 190 Å². The van der Waals surface area contributed by atoms with E-state index in [-0.39, 0.29) is 32.5 Å². The summed E-state index contributed by atoms with van der Waals surface area (Å²) in [5, 5.41) is 87.9. The largest absolute Gasteiger partial charge is 0.394 e. The Labute approximate surface area is 289 Å². The number of hydrogen-bond donors (Lipinski definition) is 13. The summed E-state index contributed by atoms with van der Waals surface area (Å²) in [5.74, 6) is -0.734. The molecule has 50 heavy (non-hydrogen) atoms. The van der Waals surface area contributed by atoms with E-state index >= 15 is 0 Å².